The van der Waals surface area contributed by atoms with Crippen molar-refractivity contribution in [2.75, 3.05) is 13.2 Å². The molecule has 0 fully saturated rings. The van der Waals surface area contributed by atoms with E-state index in [1.807, 2.05) is 18.2 Å². The molecule has 0 bridgehead atoms. The number of ether oxygens (including phenoxy) is 1. The number of rotatable bonds is 7. The molecule has 3 aromatic rings. The Kier molecular flexibility index (Phi) is 6.01. The largest absolute Gasteiger partial charge is 0.457 e. The lowest BCUT2D eigenvalue weighted by Crippen LogP contribution is -2.27. The van der Waals surface area contributed by atoms with E-state index in [2.05, 4.69) is 10.3 Å². The van der Waals surface area contributed by atoms with E-state index in [9.17, 15) is 23.2 Å². The van der Waals surface area contributed by atoms with Gasteiger partial charge in [0, 0.05) is 34.8 Å². The Labute approximate surface area is 164 Å². The number of H-pyrrole nitrogens is 1. The minimum Gasteiger partial charge on any atom is -0.457 e. The number of fused-ring (bicyclic) bond motifs is 1. The summed E-state index contributed by atoms with van der Waals surface area (Å²) in [6.07, 6.45) is -0.200. The van der Waals surface area contributed by atoms with Crippen molar-refractivity contribution in [3.8, 4) is 0 Å². The molecule has 0 aliphatic rings. The monoisotopic (exact) mass is 400 g/mol. The van der Waals surface area contributed by atoms with Crippen molar-refractivity contribution in [1.29, 1.82) is 0 Å². The molecule has 29 heavy (non-hydrogen) atoms. The van der Waals surface area contributed by atoms with Gasteiger partial charge in [0.15, 0.2) is 6.61 Å². The molecular formula is C21H18F2N2O4. The third-order valence-corrected chi connectivity index (χ3v) is 4.33. The van der Waals surface area contributed by atoms with Crippen LogP contribution in [0.5, 0.6) is 0 Å². The van der Waals surface area contributed by atoms with Crippen LogP contribution in [0, 0.1) is 18.6 Å². The summed E-state index contributed by atoms with van der Waals surface area (Å²) in [5, 5.41) is 3.10. The third kappa shape index (κ3) is 4.66. The highest BCUT2D eigenvalue weighted by Crippen LogP contribution is 2.22. The van der Waals surface area contributed by atoms with Gasteiger partial charge in [-0.15, -0.1) is 0 Å². The topological polar surface area (TPSA) is 88.3 Å². The number of aromatic amines is 1. The summed E-state index contributed by atoms with van der Waals surface area (Å²) in [6, 6.07) is 9.88. The second-order valence-corrected chi connectivity index (χ2v) is 6.38. The maximum atomic E-state index is 13.5. The van der Waals surface area contributed by atoms with Gasteiger partial charge in [-0.2, -0.15) is 0 Å². The molecule has 6 nitrogen and oxygen atoms in total. The lowest BCUT2D eigenvalue weighted by Gasteiger charge is -2.07. The van der Waals surface area contributed by atoms with E-state index in [0.29, 0.717) is 17.3 Å². The van der Waals surface area contributed by atoms with Gasteiger partial charge in [-0.25, -0.2) is 8.78 Å². The summed E-state index contributed by atoms with van der Waals surface area (Å²) in [5.41, 5.74) is 1.63. The van der Waals surface area contributed by atoms with E-state index in [1.165, 1.54) is 0 Å². The van der Waals surface area contributed by atoms with Crippen molar-refractivity contribution in [2.45, 2.75) is 13.3 Å². The number of amides is 1. The number of carbonyl (C=O) groups excluding carboxylic acids is 3. The fourth-order valence-electron chi connectivity index (χ4n) is 2.97. The standard InChI is InChI=1S/C21H18F2N2O4/c1-12-20(15-4-2-3-5-17(15)25-12)18(26)11-29-19(27)8-9-24-21(28)14-7-6-13(22)10-16(14)23/h2-7,10,25H,8-9,11H2,1H3,(H,24,28). The molecule has 2 N–H and O–H groups in total. The van der Waals surface area contributed by atoms with E-state index >= 15 is 0 Å². The summed E-state index contributed by atoms with van der Waals surface area (Å²) in [5.74, 6) is -3.59. The molecule has 150 valence electrons. The van der Waals surface area contributed by atoms with Crippen LogP contribution in [0.25, 0.3) is 10.9 Å². The molecule has 8 heteroatoms. The number of aromatic nitrogens is 1. The number of hydrogen-bond donors (Lipinski definition) is 2. The van der Waals surface area contributed by atoms with Crippen LogP contribution in [-0.4, -0.2) is 35.8 Å². The van der Waals surface area contributed by atoms with Gasteiger partial charge in [0.25, 0.3) is 5.91 Å². The Morgan fingerprint density at radius 3 is 2.62 bits per heavy atom. The van der Waals surface area contributed by atoms with Gasteiger partial charge in [-0.1, -0.05) is 18.2 Å². The van der Waals surface area contributed by atoms with Crippen molar-refractivity contribution in [3.63, 3.8) is 0 Å². The summed E-state index contributed by atoms with van der Waals surface area (Å²) >= 11 is 0. The van der Waals surface area contributed by atoms with Crippen molar-refractivity contribution < 1.29 is 27.9 Å². The van der Waals surface area contributed by atoms with Crippen LogP contribution < -0.4 is 5.32 Å². The zero-order valence-corrected chi connectivity index (χ0v) is 15.6. The molecule has 2 aromatic carbocycles. The predicted octanol–water partition coefficient (Wildman–Crippen LogP) is 3.30. The van der Waals surface area contributed by atoms with Crippen molar-refractivity contribution in [1.82, 2.24) is 10.3 Å². The van der Waals surface area contributed by atoms with Gasteiger partial charge in [-0.3, -0.25) is 14.4 Å². The molecule has 1 amide bonds. The molecule has 0 unspecified atom stereocenters. The first kappa shape index (κ1) is 20.2. The SMILES string of the molecule is Cc1[nH]c2ccccc2c1C(=O)COC(=O)CCNC(=O)c1ccc(F)cc1F. The van der Waals surface area contributed by atoms with Gasteiger partial charge in [-0.05, 0) is 25.1 Å². The highest BCUT2D eigenvalue weighted by atomic mass is 19.1. The van der Waals surface area contributed by atoms with Crippen molar-refractivity contribution in [3.05, 3.63) is 70.9 Å². The van der Waals surface area contributed by atoms with Crippen molar-refractivity contribution >= 4 is 28.6 Å². The number of esters is 1. The number of aryl methyl sites for hydroxylation is 1. The zero-order chi connectivity index (χ0) is 21.0. The number of ketones is 1. The molecule has 0 spiro atoms. The van der Waals surface area contributed by atoms with E-state index in [-0.39, 0.29) is 24.3 Å². The Morgan fingerprint density at radius 1 is 1.10 bits per heavy atom. The van der Waals surface area contributed by atoms with Crippen LogP contribution in [0.15, 0.2) is 42.5 Å². The molecular weight excluding hydrogens is 382 g/mol. The average Bonchev–Trinajstić information content (AvgIpc) is 3.01. The van der Waals surface area contributed by atoms with Crippen LogP contribution in [0.1, 0.15) is 32.8 Å². The molecule has 0 aliphatic heterocycles. The minimum atomic E-state index is -0.996. The number of para-hydroxylation sites is 1. The van der Waals surface area contributed by atoms with Gasteiger partial charge < -0.3 is 15.0 Å². The van der Waals surface area contributed by atoms with Crippen LogP contribution in [0.3, 0.4) is 0 Å². The second-order valence-electron chi connectivity index (χ2n) is 6.38. The van der Waals surface area contributed by atoms with E-state index in [4.69, 9.17) is 4.74 Å². The Bertz CT molecular complexity index is 1090. The Morgan fingerprint density at radius 2 is 1.86 bits per heavy atom. The predicted molar refractivity (Wildman–Crippen MR) is 102 cm³/mol. The summed E-state index contributed by atoms with van der Waals surface area (Å²) in [4.78, 5) is 39.2. The summed E-state index contributed by atoms with van der Waals surface area (Å²) < 4.78 is 31.4. The van der Waals surface area contributed by atoms with Gasteiger partial charge >= 0.3 is 5.97 Å². The minimum absolute atomic E-state index is 0.116. The van der Waals surface area contributed by atoms with E-state index in [1.54, 1.807) is 13.0 Å². The number of hydrogen-bond acceptors (Lipinski definition) is 4. The second kappa shape index (κ2) is 8.64. The van der Waals surface area contributed by atoms with E-state index in [0.717, 1.165) is 23.0 Å². The first-order chi connectivity index (χ1) is 13.9. The fraction of sp³-hybridized carbons (Fsp3) is 0.190. The molecule has 1 heterocycles. The summed E-state index contributed by atoms with van der Waals surface area (Å²) in [6.45, 7) is 1.22. The maximum Gasteiger partial charge on any atom is 0.308 e. The smallest absolute Gasteiger partial charge is 0.308 e. The molecule has 3 rings (SSSR count). The molecule has 0 saturated carbocycles. The van der Waals surface area contributed by atoms with E-state index < -0.39 is 30.1 Å². The quantitative estimate of drug-likeness (QED) is 0.471. The van der Waals surface area contributed by atoms with Gasteiger partial charge in [0.1, 0.15) is 11.6 Å². The Hall–Kier alpha value is -3.55. The number of nitrogens with one attached hydrogen (secondary N) is 2. The molecule has 1 aromatic heterocycles. The average molecular weight is 400 g/mol. The maximum absolute atomic E-state index is 13.5. The van der Waals surface area contributed by atoms with Gasteiger partial charge in [0.05, 0.1) is 12.0 Å². The lowest BCUT2D eigenvalue weighted by molar-refractivity contribution is -0.142. The van der Waals surface area contributed by atoms with Crippen LogP contribution in [-0.2, 0) is 9.53 Å². The number of halogens is 2. The highest BCUT2D eigenvalue weighted by molar-refractivity contribution is 6.10. The van der Waals surface area contributed by atoms with Crippen molar-refractivity contribution in [2.24, 2.45) is 0 Å². The molecule has 0 aliphatic carbocycles. The first-order valence-corrected chi connectivity index (χ1v) is 8.86. The number of carbonyl (C=O) groups is 3. The third-order valence-electron chi connectivity index (χ3n) is 4.33. The Balaban J connectivity index is 1.49. The van der Waals surface area contributed by atoms with Gasteiger partial charge in [0.2, 0.25) is 5.78 Å². The fourth-order valence-corrected chi connectivity index (χ4v) is 2.97. The molecule has 0 atom stereocenters. The highest BCUT2D eigenvalue weighted by Gasteiger charge is 2.18. The zero-order valence-electron chi connectivity index (χ0n) is 15.6. The van der Waals surface area contributed by atoms with Crippen LogP contribution in [0.4, 0.5) is 8.78 Å². The van der Waals surface area contributed by atoms with Crippen LogP contribution >= 0.6 is 0 Å². The lowest BCUT2D eigenvalue weighted by atomic mass is 10.1. The summed E-state index contributed by atoms with van der Waals surface area (Å²) in [7, 11) is 0. The number of Topliss-reactive ketones (excluding diaryl/α,β-unsaturated/α-hetero) is 1. The molecule has 0 saturated heterocycles. The van der Waals surface area contributed by atoms with Crippen LogP contribution in [0.2, 0.25) is 0 Å². The normalized spacial score (nSPS) is 10.7. The first-order valence-electron chi connectivity index (χ1n) is 8.86. The molecule has 0 radical (unpaired) electrons. The number of benzene rings is 2.